The molecule has 4 N–H and O–H groups in total. The minimum absolute atomic E-state index is 0.0672. The van der Waals surface area contributed by atoms with Crippen molar-refractivity contribution < 1.29 is 10.2 Å². The molecular weight excluding hydrogens is 250 g/mol. The fourth-order valence-corrected chi connectivity index (χ4v) is 2.32. The molecule has 0 saturated heterocycles. The summed E-state index contributed by atoms with van der Waals surface area (Å²) < 4.78 is 0. The van der Waals surface area contributed by atoms with Gasteiger partial charge in [-0.1, -0.05) is 53.7 Å². The Balaban J connectivity index is 3.50. The van der Waals surface area contributed by atoms with Crippen LogP contribution in [-0.4, -0.2) is 16.8 Å². The predicted molar refractivity (Wildman–Crippen MR) is 84.1 cm³/mol. The molecule has 0 heterocycles. The van der Waals surface area contributed by atoms with Gasteiger partial charge in [0.05, 0.1) is 0 Å². The number of aromatic hydroxyl groups is 1. The largest absolute Gasteiger partial charge is 0.507 e. The van der Waals surface area contributed by atoms with Crippen molar-refractivity contribution in [3.8, 4) is 5.75 Å². The van der Waals surface area contributed by atoms with E-state index in [4.69, 9.17) is 10.8 Å². The summed E-state index contributed by atoms with van der Waals surface area (Å²) in [7, 11) is 0. The molecule has 0 fully saturated rings. The molecule has 20 heavy (non-hydrogen) atoms. The number of rotatable bonds is 3. The summed E-state index contributed by atoms with van der Waals surface area (Å²) in [5.41, 5.74) is 8.63. The van der Waals surface area contributed by atoms with Crippen LogP contribution >= 0.6 is 0 Å². The highest BCUT2D eigenvalue weighted by Crippen LogP contribution is 2.40. The third-order valence-electron chi connectivity index (χ3n) is 3.62. The van der Waals surface area contributed by atoms with Crippen molar-refractivity contribution >= 4 is 0 Å². The zero-order chi connectivity index (χ0) is 15.7. The van der Waals surface area contributed by atoms with Crippen LogP contribution in [0.5, 0.6) is 5.75 Å². The van der Waals surface area contributed by atoms with Crippen molar-refractivity contribution in [1.82, 2.24) is 0 Å². The molecule has 0 aliphatic carbocycles. The van der Waals surface area contributed by atoms with Crippen LogP contribution in [0.25, 0.3) is 0 Å². The average molecular weight is 279 g/mol. The molecule has 0 radical (unpaired) electrons. The standard InChI is InChI=1S/C17H29NO2/c1-16(2,3)12-9-11(14(18)7-8-19)10-13(15(12)20)17(4,5)6/h9-10,14,19-20H,7-8,18H2,1-6H3/t14-/m0/s1. The highest BCUT2D eigenvalue weighted by Gasteiger charge is 2.27. The number of phenols is 1. The Kier molecular flexibility index (Phi) is 4.88. The van der Waals surface area contributed by atoms with Gasteiger partial charge in [-0.25, -0.2) is 0 Å². The van der Waals surface area contributed by atoms with E-state index in [0.29, 0.717) is 12.2 Å². The quantitative estimate of drug-likeness (QED) is 0.794. The van der Waals surface area contributed by atoms with Crippen molar-refractivity contribution in [2.24, 2.45) is 5.73 Å². The molecule has 3 nitrogen and oxygen atoms in total. The Hall–Kier alpha value is -1.06. The molecule has 0 aromatic heterocycles. The zero-order valence-electron chi connectivity index (χ0n) is 13.6. The van der Waals surface area contributed by atoms with Gasteiger partial charge in [0.15, 0.2) is 0 Å². The van der Waals surface area contributed by atoms with E-state index in [1.165, 1.54) is 0 Å². The lowest BCUT2D eigenvalue weighted by Gasteiger charge is -2.29. The SMILES string of the molecule is CC(C)(C)c1cc([C@@H](N)CCO)cc(C(C)(C)C)c1O. The molecular formula is C17H29NO2. The first-order valence-electron chi connectivity index (χ1n) is 7.22. The van der Waals surface area contributed by atoms with Gasteiger partial charge in [0.25, 0.3) is 0 Å². The number of benzene rings is 1. The fourth-order valence-electron chi connectivity index (χ4n) is 2.32. The maximum absolute atomic E-state index is 10.6. The Morgan fingerprint density at radius 2 is 1.40 bits per heavy atom. The fraction of sp³-hybridized carbons (Fsp3) is 0.647. The molecule has 1 atom stereocenters. The van der Waals surface area contributed by atoms with Crippen molar-refractivity contribution in [1.29, 1.82) is 0 Å². The van der Waals surface area contributed by atoms with Crippen molar-refractivity contribution in [2.75, 3.05) is 6.61 Å². The lowest BCUT2D eigenvalue weighted by atomic mass is 9.77. The molecule has 0 saturated carbocycles. The molecule has 3 heteroatoms. The first kappa shape index (κ1) is 17.0. The van der Waals surface area contributed by atoms with Crippen LogP contribution < -0.4 is 5.73 Å². The highest BCUT2D eigenvalue weighted by atomic mass is 16.3. The maximum atomic E-state index is 10.6. The van der Waals surface area contributed by atoms with Gasteiger partial charge in [0, 0.05) is 12.6 Å². The molecule has 1 aromatic rings. The van der Waals surface area contributed by atoms with E-state index in [9.17, 15) is 5.11 Å². The average Bonchev–Trinajstić information content (AvgIpc) is 2.26. The van der Waals surface area contributed by atoms with Gasteiger partial charge in [-0.3, -0.25) is 0 Å². The van der Waals surface area contributed by atoms with Crippen LogP contribution in [0.2, 0.25) is 0 Å². The summed E-state index contributed by atoms with van der Waals surface area (Å²) in [6, 6.07) is 3.75. The van der Waals surface area contributed by atoms with E-state index < -0.39 is 0 Å². The van der Waals surface area contributed by atoms with Crippen molar-refractivity contribution in [3.63, 3.8) is 0 Å². The van der Waals surface area contributed by atoms with Gasteiger partial charge >= 0.3 is 0 Å². The van der Waals surface area contributed by atoms with Gasteiger partial charge in [-0.15, -0.1) is 0 Å². The number of aliphatic hydroxyl groups is 1. The maximum Gasteiger partial charge on any atom is 0.123 e. The third kappa shape index (κ3) is 3.74. The van der Waals surface area contributed by atoms with Crippen molar-refractivity contribution in [3.05, 3.63) is 28.8 Å². The summed E-state index contributed by atoms with van der Waals surface area (Å²) in [5.74, 6) is 0.366. The second-order valence-corrected chi connectivity index (χ2v) is 7.58. The van der Waals surface area contributed by atoms with E-state index in [1.54, 1.807) is 0 Å². The van der Waals surface area contributed by atoms with Gasteiger partial charge < -0.3 is 15.9 Å². The van der Waals surface area contributed by atoms with Crippen molar-refractivity contribution in [2.45, 2.75) is 64.8 Å². The van der Waals surface area contributed by atoms with Gasteiger partial charge in [0.2, 0.25) is 0 Å². The second kappa shape index (κ2) is 5.74. The van der Waals surface area contributed by atoms with Crippen LogP contribution in [0.15, 0.2) is 12.1 Å². The summed E-state index contributed by atoms with van der Waals surface area (Å²) >= 11 is 0. The first-order chi connectivity index (χ1) is 8.98. The Labute approximate surface area is 122 Å². The topological polar surface area (TPSA) is 66.5 Å². The smallest absolute Gasteiger partial charge is 0.123 e. The Morgan fingerprint density at radius 1 is 1.00 bits per heavy atom. The molecule has 0 amide bonds. The third-order valence-corrected chi connectivity index (χ3v) is 3.62. The molecule has 1 rings (SSSR count). The van der Waals surface area contributed by atoms with Gasteiger partial charge in [-0.05, 0) is 33.9 Å². The predicted octanol–water partition coefficient (Wildman–Crippen LogP) is 3.37. The van der Waals surface area contributed by atoms with Crippen LogP contribution in [-0.2, 0) is 10.8 Å². The summed E-state index contributed by atoms with van der Waals surface area (Å²) in [6.45, 7) is 12.5. The molecule has 0 spiro atoms. The Bertz CT molecular complexity index is 432. The number of aliphatic hydroxyl groups excluding tert-OH is 1. The van der Waals surface area contributed by atoms with Crippen LogP contribution in [0.4, 0.5) is 0 Å². The van der Waals surface area contributed by atoms with E-state index in [0.717, 1.165) is 16.7 Å². The molecule has 1 aromatic carbocycles. The van der Waals surface area contributed by atoms with Crippen LogP contribution in [0.3, 0.4) is 0 Å². The zero-order valence-corrected chi connectivity index (χ0v) is 13.6. The summed E-state index contributed by atoms with van der Waals surface area (Å²) in [6.07, 6.45) is 0.526. The van der Waals surface area contributed by atoms with E-state index in [-0.39, 0.29) is 23.5 Å². The van der Waals surface area contributed by atoms with Gasteiger partial charge in [0.1, 0.15) is 5.75 Å². The summed E-state index contributed by atoms with van der Waals surface area (Å²) in [4.78, 5) is 0. The first-order valence-corrected chi connectivity index (χ1v) is 7.22. The van der Waals surface area contributed by atoms with E-state index >= 15 is 0 Å². The lowest BCUT2D eigenvalue weighted by molar-refractivity contribution is 0.276. The molecule has 0 aliphatic rings. The number of phenolic OH excluding ortho intramolecular Hbond substituents is 1. The molecule has 0 unspecified atom stereocenters. The second-order valence-electron chi connectivity index (χ2n) is 7.58. The minimum atomic E-state index is -0.206. The minimum Gasteiger partial charge on any atom is -0.507 e. The molecule has 0 bridgehead atoms. The van der Waals surface area contributed by atoms with E-state index in [1.807, 2.05) is 12.1 Å². The lowest BCUT2D eigenvalue weighted by Crippen LogP contribution is -2.20. The van der Waals surface area contributed by atoms with E-state index in [2.05, 4.69) is 41.5 Å². The monoisotopic (exact) mass is 279 g/mol. The molecule has 0 aliphatic heterocycles. The highest BCUT2D eigenvalue weighted by molar-refractivity contribution is 5.50. The van der Waals surface area contributed by atoms with Crippen LogP contribution in [0.1, 0.15) is 70.7 Å². The number of hydrogen-bond donors (Lipinski definition) is 3. The molecule has 114 valence electrons. The normalized spacial score (nSPS) is 14.4. The number of nitrogens with two attached hydrogens (primary N) is 1. The number of hydrogen-bond acceptors (Lipinski definition) is 3. The van der Waals surface area contributed by atoms with Gasteiger partial charge in [-0.2, -0.15) is 0 Å². The summed E-state index contributed by atoms with van der Waals surface area (Å²) in [5, 5.41) is 19.7. The van der Waals surface area contributed by atoms with Crippen LogP contribution in [0, 0.1) is 0 Å². The Morgan fingerprint density at radius 3 is 1.70 bits per heavy atom.